The van der Waals surface area contributed by atoms with E-state index in [0.29, 0.717) is 81.7 Å². The maximum atomic E-state index is 14.3. The molecule has 0 radical (unpaired) electrons. The Labute approximate surface area is 276 Å². The zero-order chi connectivity index (χ0) is 33.9. The van der Waals surface area contributed by atoms with E-state index in [1.54, 1.807) is 27.7 Å². The van der Waals surface area contributed by atoms with Crippen LogP contribution in [0.3, 0.4) is 0 Å². The smallest absolute Gasteiger partial charge is 0.412 e. The maximum Gasteiger partial charge on any atom is 0.412 e. The number of likely N-dealkylation sites (tertiary alicyclic amines) is 1. The molecule has 0 bridgehead atoms. The average Bonchev–Trinajstić information content (AvgIpc) is 3.83. The quantitative estimate of drug-likeness (QED) is 0.295. The van der Waals surface area contributed by atoms with Crippen LogP contribution in [0.1, 0.15) is 88.6 Å². The van der Waals surface area contributed by atoms with Gasteiger partial charge in [0.1, 0.15) is 5.75 Å². The van der Waals surface area contributed by atoms with Gasteiger partial charge in [0.05, 0.1) is 17.6 Å². The zero-order valence-electron chi connectivity index (χ0n) is 28.2. The van der Waals surface area contributed by atoms with Crippen molar-refractivity contribution >= 4 is 35.5 Å². The number of aryl methyl sites for hydroxylation is 1. The van der Waals surface area contributed by atoms with Gasteiger partial charge in [-0.25, -0.2) is 4.79 Å². The van der Waals surface area contributed by atoms with Crippen LogP contribution >= 0.6 is 0 Å². The number of carbonyl (C=O) groups is 5. The highest BCUT2D eigenvalue weighted by Gasteiger charge is 2.58. The SMILES string of the molecule is CCC(=O)NCCN1C(=O)C2(CC2)Oc2cc(C)c(C(=O)N(C(C)C)[C@@H]3CCCN(C(=O)OC(C)OC(=O)C4CCOCC4)C3)cc21. The van der Waals surface area contributed by atoms with Gasteiger partial charge in [-0.2, -0.15) is 0 Å². The molecular formula is C34H48N4O9. The molecule has 1 aliphatic carbocycles. The Morgan fingerprint density at radius 1 is 1.09 bits per heavy atom. The van der Waals surface area contributed by atoms with Crippen LogP contribution in [0.4, 0.5) is 10.5 Å². The molecule has 4 amide bonds. The van der Waals surface area contributed by atoms with Gasteiger partial charge in [0, 0.05) is 77.2 Å². The first-order valence-corrected chi connectivity index (χ1v) is 16.9. The minimum Gasteiger partial charge on any atom is -0.475 e. The summed E-state index contributed by atoms with van der Waals surface area (Å²) in [5, 5.41) is 2.83. The van der Waals surface area contributed by atoms with Crippen molar-refractivity contribution in [2.24, 2.45) is 5.92 Å². The Bertz CT molecular complexity index is 1370. The van der Waals surface area contributed by atoms with E-state index in [0.717, 1.165) is 5.56 Å². The Morgan fingerprint density at radius 3 is 2.47 bits per heavy atom. The van der Waals surface area contributed by atoms with Crippen LogP contribution in [0.5, 0.6) is 5.75 Å². The normalized spacial score (nSPS) is 21.1. The molecule has 1 unspecified atom stereocenters. The number of amides is 4. The molecule has 0 aromatic heterocycles. The van der Waals surface area contributed by atoms with E-state index >= 15 is 0 Å². The summed E-state index contributed by atoms with van der Waals surface area (Å²) in [6, 6.07) is 3.07. The summed E-state index contributed by atoms with van der Waals surface area (Å²) in [6.07, 6.45) is 2.47. The van der Waals surface area contributed by atoms with Crippen molar-refractivity contribution in [3.05, 3.63) is 23.3 Å². The van der Waals surface area contributed by atoms with Crippen molar-refractivity contribution in [3.8, 4) is 5.75 Å². The fraction of sp³-hybridized carbons (Fsp3) is 0.676. The van der Waals surface area contributed by atoms with Crippen LogP contribution in [0.25, 0.3) is 0 Å². The number of anilines is 1. The molecule has 2 saturated heterocycles. The van der Waals surface area contributed by atoms with Gasteiger partial charge >= 0.3 is 12.1 Å². The van der Waals surface area contributed by atoms with Crippen LogP contribution in [0.15, 0.2) is 12.1 Å². The fourth-order valence-corrected chi connectivity index (χ4v) is 6.63. The molecule has 5 rings (SSSR count). The number of hydrogen-bond acceptors (Lipinski definition) is 9. The third-order valence-electron chi connectivity index (χ3n) is 9.39. The number of rotatable bonds is 10. The predicted octanol–water partition coefficient (Wildman–Crippen LogP) is 3.55. The molecule has 1 saturated carbocycles. The molecule has 1 spiro atoms. The zero-order valence-corrected chi connectivity index (χ0v) is 28.2. The number of carbonyl (C=O) groups excluding carboxylic acids is 5. The van der Waals surface area contributed by atoms with E-state index in [4.69, 9.17) is 18.9 Å². The highest BCUT2D eigenvalue weighted by atomic mass is 16.7. The van der Waals surface area contributed by atoms with E-state index in [1.165, 1.54) is 6.92 Å². The predicted molar refractivity (Wildman–Crippen MR) is 171 cm³/mol. The molecule has 1 aromatic rings. The molecule has 3 aliphatic heterocycles. The van der Waals surface area contributed by atoms with Gasteiger partial charge < -0.3 is 39.0 Å². The highest BCUT2D eigenvalue weighted by Crippen LogP contribution is 2.50. The number of fused-ring (bicyclic) bond motifs is 1. The number of esters is 1. The molecule has 13 nitrogen and oxygen atoms in total. The number of ether oxygens (including phenoxy) is 4. The van der Waals surface area contributed by atoms with Crippen molar-refractivity contribution in [2.45, 2.75) is 104 Å². The van der Waals surface area contributed by atoms with E-state index in [9.17, 15) is 24.0 Å². The number of benzene rings is 1. The summed E-state index contributed by atoms with van der Waals surface area (Å²) < 4.78 is 22.4. The second kappa shape index (κ2) is 14.5. The van der Waals surface area contributed by atoms with Crippen molar-refractivity contribution in [1.29, 1.82) is 0 Å². The Hall–Kier alpha value is -3.87. The molecule has 2 atom stereocenters. The average molecular weight is 657 g/mol. The maximum absolute atomic E-state index is 14.3. The molecule has 3 fully saturated rings. The summed E-state index contributed by atoms with van der Waals surface area (Å²) >= 11 is 0. The Morgan fingerprint density at radius 2 is 1.81 bits per heavy atom. The Balaban J connectivity index is 1.29. The Kier molecular flexibility index (Phi) is 10.6. The molecule has 47 heavy (non-hydrogen) atoms. The number of nitrogens with zero attached hydrogens (tertiary/aromatic N) is 3. The van der Waals surface area contributed by atoms with Gasteiger partial charge in [-0.3, -0.25) is 19.2 Å². The molecule has 1 N–H and O–H groups in total. The van der Waals surface area contributed by atoms with Crippen LogP contribution in [-0.2, 0) is 28.6 Å². The molecule has 3 heterocycles. The summed E-state index contributed by atoms with van der Waals surface area (Å²) in [4.78, 5) is 70.3. The van der Waals surface area contributed by atoms with Crippen LogP contribution in [-0.4, -0.2) is 103 Å². The van der Waals surface area contributed by atoms with Crippen molar-refractivity contribution in [1.82, 2.24) is 15.1 Å². The number of piperidine rings is 1. The second-order valence-corrected chi connectivity index (χ2v) is 13.2. The topological polar surface area (TPSA) is 144 Å². The fourth-order valence-electron chi connectivity index (χ4n) is 6.63. The summed E-state index contributed by atoms with van der Waals surface area (Å²) in [7, 11) is 0. The second-order valence-electron chi connectivity index (χ2n) is 13.2. The van der Waals surface area contributed by atoms with E-state index in [1.807, 2.05) is 26.8 Å². The van der Waals surface area contributed by atoms with E-state index < -0.39 is 24.0 Å². The number of hydrogen-bond donors (Lipinski definition) is 1. The van der Waals surface area contributed by atoms with Gasteiger partial charge in [0.15, 0.2) is 5.60 Å². The monoisotopic (exact) mass is 656 g/mol. The molecule has 258 valence electrons. The van der Waals surface area contributed by atoms with E-state index in [2.05, 4.69) is 5.32 Å². The standard InChI is InChI=1S/C34H48N4O9/c1-6-29(39)35-13-15-37-27-19-26(22(4)18-28(27)47-34(11-12-34)32(37)42)30(40)38(21(2)3)25-8-7-14-36(20-25)33(43)46-23(5)45-31(41)24-9-16-44-17-10-24/h18-19,21,23-25H,6-17,20H2,1-5H3,(H,35,39)/t23?,25-/m1/s1. The summed E-state index contributed by atoms with van der Waals surface area (Å²) in [5.74, 6) is -0.589. The first-order chi connectivity index (χ1) is 22.4. The van der Waals surface area contributed by atoms with Gasteiger partial charge in [-0.05, 0) is 64.2 Å². The first-order valence-electron chi connectivity index (χ1n) is 16.9. The lowest BCUT2D eigenvalue weighted by Gasteiger charge is -2.41. The van der Waals surface area contributed by atoms with E-state index in [-0.39, 0.29) is 55.4 Å². The van der Waals surface area contributed by atoms with Crippen molar-refractivity contribution in [2.75, 3.05) is 44.3 Å². The molecular weight excluding hydrogens is 608 g/mol. The minimum absolute atomic E-state index is 0.102. The van der Waals surface area contributed by atoms with Crippen molar-refractivity contribution < 1.29 is 42.9 Å². The van der Waals surface area contributed by atoms with Crippen LogP contribution in [0.2, 0.25) is 0 Å². The molecule has 1 aromatic carbocycles. The minimum atomic E-state index is -1.04. The molecule has 13 heteroatoms. The lowest BCUT2D eigenvalue weighted by atomic mass is 9.98. The summed E-state index contributed by atoms with van der Waals surface area (Å²) in [6.45, 7) is 11.3. The van der Waals surface area contributed by atoms with Crippen LogP contribution < -0.4 is 15.0 Å². The number of nitrogens with one attached hydrogen (secondary N) is 1. The van der Waals surface area contributed by atoms with Gasteiger partial charge in [0.25, 0.3) is 11.8 Å². The lowest BCUT2D eigenvalue weighted by Crippen LogP contribution is -2.54. The largest absolute Gasteiger partial charge is 0.475 e. The third kappa shape index (κ3) is 7.66. The van der Waals surface area contributed by atoms with Gasteiger partial charge in [0.2, 0.25) is 12.2 Å². The summed E-state index contributed by atoms with van der Waals surface area (Å²) in [5.41, 5.74) is 0.798. The van der Waals surface area contributed by atoms with Crippen LogP contribution in [0, 0.1) is 12.8 Å². The first kappa shape index (κ1) is 34.5. The third-order valence-corrected chi connectivity index (χ3v) is 9.39. The lowest BCUT2D eigenvalue weighted by molar-refractivity contribution is -0.174. The van der Waals surface area contributed by atoms with Crippen molar-refractivity contribution in [3.63, 3.8) is 0 Å². The highest BCUT2D eigenvalue weighted by molar-refractivity contribution is 6.06. The van der Waals surface area contributed by atoms with Gasteiger partial charge in [-0.1, -0.05) is 6.92 Å². The molecule has 4 aliphatic rings. The van der Waals surface area contributed by atoms with Gasteiger partial charge in [-0.15, -0.1) is 0 Å².